The third-order valence-electron chi connectivity index (χ3n) is 2.22. The van der Waals surface area contributed by atoms with Gasteiger partial charge in [0.25, 0.3) is 0 Å². The Morgan fingerprint density at radius 3 is 2.87 bits per heavy atom. The molecular formula is C12H12FNO. The van der Waals surface area contributed by atoms with Crippen molar-refractivity contribution in [1.29, 1.82) is 0 Å². The van der Waals surface area contributed by atoms with Crippen LogP contribution in [0, 0.1) is 5.82 Å². The van der Waals surface area contributed by atoms with Crippen LogP contribution >= 0.6 is 0 Å². The van der Waals surface area contributed by atoms with E-state index in [2.05, 4.69) is 5.32 Å². The number of hydrogen-bond acceptors (Lipinski definition) is 2. The van der Waals surface area contributed by atoms with Crippen molar-refractivity contribution in [2.75, 3.05) is 7.05 Å². The molecule has 3 heteroatoms. The Morgan fingerprint density at radius 1 is 1.33 bits per heavy atom. The standard InChI is InChI=1S/C12H12FNO/c1-14-8-10-7-9(4-5-11(10)13)12-3-2-6-15-12/h2-7,14H,8H2,1H3. The Labute approximate surface area is 87.7 Å². The van der Waals surface area contributed by atoms with Gasteiger partial charge in [0.05, 0.1) is 6.26 Å². The van der Waals surface area contributed by atoms with Crippen LogP contribution in [-0.2, 0) is 6.54 Å². The van der Waals surface area contributed by atoms with E-state index in [9.17, 15) is 4.39 Å². The summed E-state index contributed by atoms with van der Waals surface area (Å²) in [6.07, 6.45) is 1.61. The van der Waals surface area contributed by atoms with Gasteiger partial charge in [0.1, 0.15) is 11.6 Å². The quantitative estimate of drug-likeness (QED) is 0.833. The molecule has 2 nitrogen and oxygen atoms in total. The zero-order valence-electron chi connectivity index (χ0n) is 8.46. The van der Waals surface area contributed by atoms with Gasteiger partial charge in [0.15, 0.2) is 0 Å². The fourth-order valence-corrected chi connectivity index (χ4v) is 1.50. The van der Waals surface area contributed by atoms with Crippen LogP contribution in [0.25, 0.3) is 11.3 Å². The summed E-state index contributed by atoms with van der Waals surface area (Å²) in [4.78, 5) is 0. The van der Waals surface area contributed by atoms with Crippen LogP contribution < -0.4 is 5.32 Å². The highest BCUT2D eigenvalue weighted by atomic mass is 19.1. The second-order valence-corrected chi connectivity index (χ2v) is 3.31. The van der Waals surface area contributed by atoms with Crippen molar-refractivity contribution in [2.24, 2.45) is 0 Å². The van der Waals surface area contributed by atoms with Gasteiger partial charge < -0.3 is 9.73 Å². The van der Waals surface area contributed by atoms with Crippen LogP contribution in [0.4, 0.5) is 4.39 Å². The minimum atomic E-state index is -0.195. The first-order chi connectivity index (χ1) is 7.31. The first-order valence-corrected chi connectivity index (χ1v) is 4.78. The lowest BCUT2D eigenvalue weighted by Gasteiger charge is -2.04. The average molecular weight is 205 g/mol. The minimum absolute atomic E-state index is 0.195. The molecule has 78 valence electrons. The maximum Gasteiger partial charge on any atom is 0.133 e. The number of rotatable bonds is 3. The van der Waals surface area contributed by atoms with E-state index in [0.717, 1.165) is 11.3 Å². The lowest BCUT2D eigenvalue weighted by atomic mass is 10.1. The third-order valence-corrected chi connectivity index (χ3v) is 2.22. The van der Waals surface area contributed by atoms with E-state index in [4.69, 9.17) is 4.42 Å². The van der Waals surface area contributed by atoms with Crippen molar-refractivity contribution < 1.29 is 8.81 Å². The van der Waals surface area contributed by atoms with Crippen LogP contribution in [0.5, 0.6) is 0 Å². The van der Waals surface area contributed by atoms with E-state index < -0.39 is 0 Å². The Kier molecular flexibility index (Phi) is 2.83. The van der Waals surface area contributed by atoms with Gasteiger partial charge in [-0.15, -0.1) is 0 Å². The highest BCUT2D eigenvalue weighted by Crippen LogP contribution is 2.22. The number of nitrogens with one attached hydrogen (secondary N) is 1. The molecule has 2 aromatic rings. The lowest BCUT2D eigenvalue weighted by molar-refractivity contribution is 0.580. The van der Waals surface area contributed by atoms with Crippen molar-refractivity contribution >= 4 is 0 Å². The molecule has 1 aromatic carbocycles. The summed E-state index contributed by atoms with van der Waals surface area (Å²) in [6.45, 7) is 0.514. The van der Waals surface area contributed by atoms with Crippen molar-refractivity contribution in [3.63, 3.8) is 0 Å². The molecule has 1 N–H and O–H groups in total. The topological polar surface area (TPSA) is 25.2 Å². The maximum absolute atomic E-state index is 13.3. The molecule has 0 unspecified atom stereocenters. The van der Waals surface area contributed by atoms with Gasteiger partial charge in [-0.3, -0.25) is 0 Å². The highest BCUT2D eigenvalue weighted by Gasteiger charge is 2.05. The maximum atomic E-state index is 13.3. The SMILES string of the molecule is CNCc1cc(-c2ccco2)ccc1F. The summed E-state index contributed by atoms with van der Waals surface area (Å²) in [6, 6.07) is 8.65. The van der Waals surface area contributed by atoms with Crippen LogP contribution in [0.3, 0.4) is 0 Å². The van der Waals surface area contributed by atoms with Gasteiger partial charge >= 0.3 is 0 Å². The molecule has 0 fully saturated rings. The first kappa shape index (κ1) is 9.93. The second-order valence-electron chi connectivity index (χ2n) is 3.31. The Morgan fingerprint density at radius 2 is 2.20 bits per heavy atom. The summed E-state index contributed by atoms with van der Waals surface area (Å²) in [5.74, 6) is 0.562. The zero-order chi connectivity index (χ0) is 10.7. The van der Waals surface area contributed by atoms with Gasteiger partial charge in [0, 0.05) is 17.7 Å². The number of furan rings is 1. The predicted octanol–water partition coefficient (Wildman–Crippen LogP) is 2.81. The van der Waals surface area contributed by atoms with Gasteiger partial charge in [-0.2, -0.15) is 0 Å². The normalized spacial score (nSPS) is 10.5. The number of halogens is 1. The average Bonchev–Trinajstić information content (AvgIpc) is 2.75. The molecule has 0 aliphatic heterocycles. The molecule has 0 radical (unpaired) electrons. The Balaban J connectivity index is 2.38. The molecule has 0 aliphatic carbocycles. The predicted molar refractivity (Wildman–Crippen MR) is 56.9 cm³/mol. The van der Waals surface area contributed by atoms with E-state index in [-0.39, 0.29) is 5.82 Å². The van der Waals surface area contributed by atoms with Crippen molar-refractivity contribution in [1.82, 2.24) is 5.32 Å². The molecule has 0 saturated heterocycles. The lowest BCUT2D eigenvalue weighted by Crippen LogP contribution is -2.06. The van der Waals surface area contributed by atoms with Crippen molar-refractivity contribution in [2.45, 2.75) is 6.54 Å². The summed E-state index contributed by atoms with van der Waals surface area (Å²) in [7, 11) is 1.79. The molecule has 0 saturated carbocycles. The van der Waals surface area contributed by atoms with Crippen LogP contribution in [-0.4, -0.2) is 7.05 Å². The second kappa shape index (κ2) is 4.28. The molecule has 0 spiro atoms. The molecule has 0 amide bonds. The van der Waals surface area contributed by atoms with Gasteiger partial charge in [0.2, 0.25) is 0 Å². The van der Waals surface area contributed by atoms with E-state index in [1.807, 2.05) is 12.1 Å². The van der Waals surface area contributed by atoms with E-state index in [1.54, 1.807) is 25.4 Å². The summed E-state index contributed by atoms with van der Waals surface area (Å²) in [5, 5.41) is 2.93. The molecule has 0 atom stereocenters. The van der Waals surface area contributed by atoms with Crippen molar-refractivity contribution in [3.05, 3.63) is 48.0 Å². The van der Waals surface area contributed by atoms with Crippen LogP contribution in [0.2, 0.25) is 0 Å². The largest absolute Gasteiger partial charge is 0.464 e. The van der Waals surface area contributed by atoms with Crippen LogP contribution in [0.15, 0.2) is 41.0 Å². The zero-order valence-corrected chi connectivity index (χ0v) is 8.46. The molecular weight excluding hydrogens is 193 g/mol. The van der Waals surface area contributed by atoms with Gasteiger partial charge in [-0.1, -0.05) is 0 Å². The molecule has 2 rings (SSSR count). The summed E-state index contributed by atoms with van der Waals surface area (Å²) in [5.41, 5.74) is 1.54. The van der Waals surface area contributed by atoms with E-state index in [1.165, 1.54) is 6.07 Å². The molecule has 1 heterocycles. The van der Waals surface area contributed by atoms with E-state index in [0.29, 0.717) is 12.1 Å². The van der Waals surface area contributed by atoms with Crippen LogP contribution in [0.1, 0.15) is 5.56 Å². The third kappa shape index (κ3) is 2.07. The summed E-state index contributed by atoms with van der Waals surface area (Å²) >= 11 is 0. The highest BCUT2D eigenvalue weighted by molar-refractivity contribution is 5.58. The Bertz CT molecular complexity index is 437. The minimum Gasteiger partial charge on any atom is -0.464 e. The molecule has 0 bridgehead atoms. The van der Waals surface area contributed by atoms with E-state index >= 15 is 0 Å². The van der Waals surface area contributed by atoms with Gasteiger partial charge in [-0.25, -0.2) is 4.39 Å². The number of hydrogen-bond donors (Lipinski definition) is 1. The fraction of sp³-hybridized carbons (Fsp3) is 0.167. The molecule has 15 heavy (non-hydrogen) atoms. The fourth-order valence-electron chi connectivity index (χ4n) is 1.50. The molecule has 0 aliphatic rings. The van der Waals surface area contributed by atoms with Crippen molar-refractivity contribution in [3.8, 4) is 11.3 Å². The monoisotopic (exact) mass is 205 g/mol. The first-order valence-electron chi connectivity index (χ1n) is 4.78. The summed E-state index contributed by atoms with van der Waals surface area (Å²) < 4.78 is 18.6. The smallest absolute Gasteiger partial charge is 0.133 e. The number of benzene rings is 1. The Hall–Kier alpha value is -1.61. The molecule has 1 aromatic heterocycles. The van der Waals surface area contributed by atoms with Gasteiger partial charge in [-0.05, 0) is 37.4 Å².